The van der Waals surface area contributed by atoms with Crippen molar-refractivity contribution in [1.82, 2.24) is 29.4 Å². The number of halogens is 3. The molecule has 1 N–H and O–H groups in total. The molecule has 0 fully saturated rings. The molecule has 0 amide bonds. The van der Waals surface area contributed by atoms with E-state index in [1.54, 1.807) is 13.0 Å². The molecule has 1 aromatic carbocycles. The minimum absolute atomic E-state index is 0.0786. The van der Waals surface area contributed by atoms with Crippen LogP contribution in [0.1, 0.15) is 19.4 Å². The van der Waals surface area contributed by atoms with Gasteiger partial charge in [0.1, 0.15) is 17.8 Å². The molecule has 2 unspecified atom stereocenters. The van der Waals surface area contributed by atoms with Crippen molar-refractivity contribution in [3.8, 4) is 11.5 Å². The summed E-state index contributed by atoms with van der Waals surface area (Å²) in [6.45, 7) is 1.72. The first-order valence-corrected chi connectivity index (χ1v) is 8.43. The summed E-state index contributed by atoms with van der Waals surface area (Å²) in [5, 5.41) is 12.3. The summed E-state index contributed by atoms with van der Waals surface area (Å²) >= 11 is 0. The molecule has 7 nitrogen and oxygen atoms in total. The van der Waals surface area contributed by atoms with Gasteiger partial charge in [-0.1, -0.05) is 12.1 Å². The average Bonchev–Trinajstić information content (AvgIpc) is 3.23. The second-order valence-electron chi connectivity index (χ2n) is 6.66. The summed E-state index contributed by atoms with van der Waals surface area (Å²) in [5.41, 5.74) is 1.63. The summed E-state index contributed by atoms with van der Waals surface area (Å²) in [5.74, 6) is 0.568. The van der Waals surface area contributed by atoms with Crippen LogP contribution >= 0.6 is 0 Å². The van der Waals surface area contributed by atoms with E-state index in [0.717, 1.165) is 15.6 Å². The lowest BCUT2D eigenvalue weighted by Gasteiger charge is -2.31. The molecule has 4 aromatic rings. The van der Waals surface area contributed by atoms with Gasteiger partial charge in [-0.05, 0) is 25.5 Å². The van der Waals surface area contributed by atoms with Crippen molar-refractivity contribution in [3.63, 3.8) is 0 Å². The zero-order valence-electron chi connectivity index (χ0n) is 14.1. The molecule has 138 valence electrons. The van der Waals surface area contributed by atoms with E-state index in [0.29, 0.717) is 11.5 Å². The van der Waals surface area contributed by atoms with E-state index in [4.69, 9.17) is 0 Å². The van der Waals surface area contributed by atoms with Gasteiger partial charge in [-0.15, -0.1) is 5.10 Å². The van der Waals surface area contributed by atoms with Crippen molar-refractivity contribution in [2.24, 2.45) is 0 Å². The third-order valence-corrected chi connectivity index (χ3v) is 4.69. The number of rotatable bonds is 1. The van der Waals surface area contributed by atoms with Crippen molar-refractivity contribution >= 4 is 22.4 Å². The maximum Gasteiger partial charge on any atom is 0.410 e. The van der Waals surface area contributed by atoms with Gasteiger partial charge in [0.05, 0.1) is 5.52 Å². The fourth-order valence-electron chi connectivity index (χ4n) is 3.46. The van der Waals surface area contributed by atoms with Gasteiger partial charge in [0.15, 0.2) is 11.7 Å². The van der Waals surface area contributed by atoms with Crippen molar-refractivity contribution in [2.75, 3.05) is 5.32 Å². The Bertz CT molecular complexity index is 1160. The van der Waals surface area contributed by atoms with Crippen LogP contribution in [0.2, 0.25) is 0 Å². The van der Waals surface area contributed by atoms with Gasteiger partial charge in [-0.2, -0.15) is 18.3 Å². The molecular weight excluding hydrogens is 359 g/mol. The highest BCUT2D eigenvalue weighted by molar-refractivity contribution is 5.91. The van der Waals surface area contributed by atoms with E-state index in [9.17, 15) is 13.2 Å². The van der Waals surface area contributed by atoms with Crippen LogP contribution in [0.4, 0.5) is 19.0 Å². The van der Waals surface area contributed by atoms with Crippen molar-refractivity contribution in [1.29, 1.82) is 0 Å². The zero-order valence-corrected chi connectivity index (χ0v) is 14.1. The number of aromatic nitrogens is 6. The van der Waals surface area contributed by atoms with Crippen LogP contribution in [0.5, 0.6) is 0 Å². The van der Waals surface area contributed by atoms with Crippen LogP contribution in [0.3, 0.4) is 0 Å². The third-order valence-electron chi connectivity index (χ3n) is 4.69. The molecule has 4 heterocycles. The molecule has 0 aliphatic carbocycles. The molecule has 5 rings (SSSR count). The number of benzene rings is 1. The Morgan fingerprint density at radius 2 is 2.00 bits per heavy atom. The number of hydrogen-bond donors (Lipinski definition) is 1. The van der Waals surface area contributed by atoms with Crippen molar-refractivity contribution in [3.05, 3.63) is 36.7 Å². The number of nitrogens with zero attached hydrogens (tertiary/aromatic N) is 6. The lowest BCUT2D eigenvalue weighted by molar-refractivity contribution is -0.173. The topological polar surface area (TPSA) is 72.9 Å². The predicted molar refractivity (Wildman–Crippen MR) is 92.3 cm³/mol. The van der Waals surface area contributed by atoms with Gasteiger partial charge in [0.25, 0.3) is 0 Å². The molecule has 0 spiro atoms. The lowest BCUT2D eigenvalue weighted by Crippen LogP contribution is -2.37. The first-order chi connectivity index (χ1) is 12.9. The number of para-hydroxylation sites is 1. The van der Waals surface area contributed by atoms with Gasteiger partial charge in [-0.25, -0.2) is 19.2 Å². The summed E-state index contributed by atoms with van der Waals surface area (Å²) in [7, 11) is 0. The Morgan fingerprint density at radius 3 is 2.81 bits per heavy atom. The molecule has 3 aromatic heterocycles. The van der Waals surface area contributed by atoms with E-state index in [2.05, 4.69) is 25.5 Å². The number of hydrogen-bond acceptors (Lipinski definition) is 5. The standard InChI is InChI=1S/C17H14F3N7/c1-9-6-13(17(18,19)20)27-14(22-9)7-12(24-27)15-23-16-10-4-2-3-5-11(10)21-8-26(16)25-15/h2-5,7-9,13,22H,6H2,1H3. The fourth-order valence-corrected chi connectivity index (χ4v) is 3.46. The summed E-state index contributed by atoms with van der Waals surface area (Å²) < 4.78 is 42.7. The maximum atomic E-state index is 13.4. The van der Waals surface area contributed by atoms with Crippen LogP contribution in [0, 0.1) is 0 Å². The van der Waals surface area contributed by atoms with Crippen molar-refractivity contribution in [2.45, 2.75) is 31.6 Å². The Morgan fingerprint density at radius 1 is 1.19 bits per heavy atom. The first-order valence-electron chi connectivity index (χ1n) is 8.43. The monoisotopic (exact) mass is 373 g/mol. The van der Waals surface area contributed by atoms with Gasteiger partial charge in [0.2, 0.25) is 5.82 Å². The number of nitrogens with one attached hydrogen (secondary N) is 1. The number of anilines is 1. The summed E-state index contributed by atoms with van der Waals surface area (Å²) in [6, 6.07) is 7.05. The van der Waals surface area contributed by atoms with Gasteiger partial charge < -0.3 is 5.32 Å². The molecule has 1 aliphatic heterocycles. The smallest absolute Gasteiger partial charge is 0.368 e. The Hall–Kier alpha value is -3.17. The molecule has 0 saturated heterocycles. The Kier molecular flexibility index (Phi) is 3.22. The predicted octanol–water partition coefficient (Wildman–Crippen LogP) is 3.45. The van der Waals surface area contributed by atoms with Crippen LogP contribution in [0.15, 0.2) is 36.7 Å². The SMILES string of the molecule is CC1CC(C(F)(F)F)n2nc(-c3nc4c5ccccc5ncn4n3)cc2N1. The molecule has 10 heteroatoms. The molecule has 1 aliphatic rings. The molecule has 2 atom stereocenters. The van der Waals surface area contributed by atoms with E-state index >= 15 is 0 Å². The molecule has 0 saturated carbocycles. The zero-order chi connectivity index (χ0) is 18.8. The van der Waals surface area contributed by atoms with Crippen LogP contribution in [0.25, 0.3) is 28.1 Å². The normalized spacial score (nSPS) is 20.0. The summed E-state index contributed by atoms with van der Waals surface area (Å²) in [6.07, 6.45) is -2.92. The number of alkyl halides is 3. The molecule has 0 bridgehead atoms. The van der Waals surface area contributed by atoms with Crippen LogP contribution in [-0.2, 0) is 0 Å². The minimum atomic E-state index is -4.37. The van der Waals surface area contributed by atoms with Crippen molar-refractivity contribution < 1.29 is 13.2 Å². The highest BCUT2D eigenvalue weighted by Crippen LogP contribution is 2.40. The van der Waals surface area contributed by atoms with Crippen LogP contribution < -0.4 is 5.32 Å². The Labute approximate surface area is 150 Å². The van der Waals surface area contributed by atoms with E-state index in [1.807, 2.05) is 24.3 Å². The fraction of sp³-hybridized carbons (Fsp3) is 0.294. The summed E-state index contributed by atoms with van der Waals surface area (Å²) in [4.78, 5) is 8.80. The van der Waals surface area contributed by atoms with Gasteiger partial charge in [0, 0.05) is 17.5 Å². The van der Waals surface area contributed by atoms with Crippen LogP contribution in [-0.4, -0.2) is 41.6 Å². The second-order valence-corrected chi connectivity index (χ2v) is 6.66. The minimum Gasteiger partial charge on any atom is -0.368 e. The molecule has 0 radical (unpaired) electrons. The van der Waals surface area contributed by atoms with Gasteiger partial charge in [-0.3, -0.25) is 0 Å². The highest BCUT2D eigenvalue weighted by atomic mass is 19.4. The third kappa shape index (κ3) is 2.51. The largest absolute Gasteiger partial charge is 0.410 e. The quantitative estimate of drug-likeness (QED) is 0.553. The number of fused-ring (bicyclic) bond motifs is 4. The Balaban J connectivity index is 1.65. The molecular formula is C17H14F3N7. The second kappa shape index (κ2) is 5.41. The molecule has 27 heavy (non-hydrogen) atoms. The maximum absolute atomic E-state index is 13.4. The van der Waals surface area contributed by atoms with E-state index < -0.39 is 12.2 Å². The first kappa shape index (κ1) is 16.0. The van der Waals surface area contributed by atoms with E-state index in [1.165, 1.54) is 10.8 Å². The lowest BCUT2D eigenvalue weighted by atomic mass is 10.1. The van der Waals surface area contributed by atoms with Gasteiger partial charge >= 0.3 is 6.18 Å². The average molecular weight is 373 g/mol. The van der Waals surface area contributed by atoms with E-state index in [-0.39, 0.29) is 24.0 Å². The highest BCUT2D eigenvalue weighted by Gasteiger charge is 2.45.